The molecule has 6 rings (SSSR count). The van der Waals surface area contributed by atoms with E-state index in [1.807, 2.05) is 0 Å². The van der Waals surface area contributed by atoms with E-state index >= 15 is 0 Å². The van der Waals surface area contributed by atoms with Crippen LogP contribution < -0.4 is 10.9 Å². The molecule has 1 atom stereocenters. The Bertz CT molecular complexity index is 726. The van der Waals surface area contributed by atoms with E-state index < -0.39 is 0 Å². The Balaban J connectivity index is 1.53. The van der Waals surface area contributed by atoms with Crippen LogP contribution in [0.1, 0.15) is 37.7 Å². The molecule has 0 saturated heterocycles. The van der Waals surface area contributed by atoms with Gasteiger partial charge in [-0.25, -0.2) is 10.4 Å². The normalized spacial score (nSPS) is 34.4. The van der Waals surface area contributed by atoms with E-state index in [1.54, 1.807) is 11.3 Å². The van der Waals surface area contributed by atoms with E-state index in [-0.39, 0.29) is 5.66 Å². The van der Waals surface area contributed by atoms with Crippen LogP contribution >= 0.6 is 11.3 Å². The van der Waals surface area contributed by atoms with Crippen LogP contribution in [0.4, 0.5) is 0 Å². The van der Waals surface area contributed by atoms with Crippen molar-refractivity contribution in [3.8, 4) is 0 Å². The number of hydrogen-bond donors (Lipinski definition) is 2. The summed E-state index contributed by atoms with van der Waals surface area (Å²) in [6.07, 6.45) is 6.67. The van der Waals surface area contributed by atoms with Gasteiger partial charge in [0, 0.05) is 10.3 Å². The van der Waals surface area contributed by atoms with Crippen molar-refractivity contribution in [2.45, 2.75) is 37.8 Å². The van der Waals surface area contributed by atoms with Gasteiger partial charge in [0.05, 0.1) is 0 Å². The minimum atomic E-state index is -0.0277. The first-order valence-electron chi connectivity index (χ1n) is 7.93. The smallest absolute Gasteiger partial charge is 0.144 e. The highest BCUT2D eigenvalue weighted by atomic mass is 32.1. The van der Waals surface area contributed by atoms with E-state index in [4.69, 9.17) is 4.99 Å². The highest BCUT2D eigenvalue weighted by Gasteiger charge is 2.49. The molecule has 3 fully saturated rings. The van der Waals surface area contributed by atoms with Gasteiger partial charge >= 0.3 is 0 Å². The Labute approximate surface area is 128 Å². The number of nitrogens with one attached hydrogen (secondary N) is 2. The molecule has 0 amide bonds. The quantitative estimate of drug-likeness (QED) is 0.842. The third kappa shape index (κ3) is 1.79. The Morgan fingerprint density at radius 1 is 1.14 bits per heavy atom. The van der Waals surface area contributed by atoms with Gasteiger partial charge in [-0.3, -0.25) is 0 Å². The lowest BCUT2D eigenvalue weighted by atomic mass is 9.65. The van der Waals surface area contributed by atoms with Crippen LogP contribution in [0.2, 0.25) is 0 Å². The summed E-state index contributed by atoms with van der Waals surface area (Å²) in [5.74, 6) is 2.60. The molecular formula is C17H19N3S. The van der Waals surface area contributed by atoms with E-state index in [0.29, 0.717) is 5.92 Å². The monoisotopic (exact) mass is 297 g/mol. The average molecular weight is 297 g/mol. The number of amidine groups is 1. The van der Waals surface area contributed by atoms with Gasteiger partial charge in [-0.1, -0.05) is 0 Å². The lowest BCUT2D eigenvalue weighted by Gasteiger charge is -2.47. The maximum atomic E-state index is 5.12. The van der Waals surface area contributed by atoms with Crippen LogP contribution in [0.3, 0.4) is 0 Å². The zero-order chi connectivity index (χ0) is 13.9. The van der Waals surface area contributed by atoms with E-state index in [1.165, 1.54) is 47.8 Å². The summed E-state index contributed by atoms with van der Waals surface area (Å²) in [5.41, 5.74) is 8.09. The minimum Gasteiger partial charge on any atom is -0.303 e. The van der Waals surface area contributed by atoms with Gasteiger partial charge in [0.15, 0.2) is 0 Å². The molecule has 3 nitrogen and oxygen atoms in total. The van der Waals surface area contributed by atoms with Gasteiger partial charge in [-0.15, -0.1) is 11.3 Å². The van der Waals surface area contributed by atoms with Crippen LogP contribution in [0.15, 0.2) is 34.6 Å². The lowest BCUT2D eigenvalue weighted by molar-refractivity contribution is 0.0506. The predicted octanol–water partition coefficient (Wildman–Crippen LogP) is 3.66. The fraction of sp³-hybridized carbons (Fsp3) is 0.471. The first-order chi connectivity index (χ1) is 10.3. The first kappa shape index (κ1) is 12.2. The fourth-order valence-electron chi connectivity index (χ4n) is 4.41. The summed E-state index contributed by atoms with van der Waals surface area (Å²) in [6, 6.07) is 8.83. The van der Waals surface area contributed by atoms with Gasteiger partial charge < -0.3 is 5.43 Å². The summed E-state index contributed by atoms with van der Waals surface area (Å²) >= 11 is 1.79. The van der Waals surface area contributed by atoms with Crippen LogP contribution in [-0.2, 0) is 0 Å². The maximum absolute atomic E-state index is 5.12. The second-order valence-corrected chi connectivity index (χ2v) is 7.68. The zero-order valence-electron chi connectivity index (χ0n) is 11.9. The summed E-state index contributed by atoms with van der Waals surface area (Å²) in [7, 11) is 0. The number of aliphatic imine (C=N–C) groups is 1. The summed E-state index contributed by atoms with van der Waals surface area (Å²) in [5, 5.41) is 3.46. The highest BCUT2D eigenvalue weighted by Crippen LogP contribution is 2.48. The number of hydrazine groups is 1. The summed E-state index contributed by atoms with van der Waals surface area (Å²) in [6.45, 7) is 0. The number of hydrogen-bond acceptors (Lipinski definition) is 4. The fourth-order valence-corrected chi connectivity index (χ4v) is 5.19. The molecule has 0 unspecified atom stereocenters. The second-order valence-electron chi connectivity index (χ2n) is 6.73. The van der Waals surface area contributed by atoms with Crippen molar-refractivity contribution in [2.24, 2.45) is 16.8 Å². The number of thiophene rings is 1. The standard InChI is InChI=1S/C17H19N3S/c1-4-14-5-2-11(1)10-17(14)18-16(19-20-17)13-3-6-15-12(9-13)7-8-21-15/h3,6-9,11,14,20H,1-2,4-5,10H2,(H,18,19)/t11?,14?,17-/m0/s1. The number of benzene rings is 1. The lowest BCUT2D eigenvalue weighted by Crippen LogP contribution is -2.56. The number of nitrogens with zero attached hydrogens (tertiary/aromatic N) is 1. The molecule has 0 radical (unpaired) electrons. The summed E-state index contributed by atoms with van der Waals surface area (Å²) in [4.78, 5) is 5.12. The van der Waals surface area contributed by atoms with Crippen molar-refractivity contribution in [3.05, 3.63) is 35.2 Å². The van der Waals surface area contributed by atoms with Crippen molar-refractivity contribution in [1.82, 2.24) is 10.9 Å². The summed E-state index contributed by atoms with van der Waals surface area (Å²) < 4.78 is 1.34. The SMILES string of the molecule is c1cc2cc(C3=N[C@@]4(CC5CCC4CC5)NN3)ccc2s1. The second kappa shape index (κ2) is 4.31. The molecule has 3 aliphatic carbocycles. The maximum Gasteiger partial charge on any atom is 0.144 e. The number of fused-ring (bicyclic) bond motifs is 3. The van der Waals surface area contributed by atoms with Crippen molar-refractivity contribution in [2.75, 3.05) is 0 Å². The Hall–Kier alpha value is -1.39. The molecule has 1 spiro atoms. The van der Waals surface area contributed by atoms with Crippen LogP contribution in [0.5, 0.6) is 0 Å². The zero-order valence-corrected chi connectivity index (χ0v) is 12.7. The van der Waals surface area contributed by atoms with Crippen molar-refractivity contribution >= 4 is 27.3 Å². The molecule has 3 saturated carbocycles. The largest absolute Gasteiger partial charge is 0.303 e. The molecule has 2 heterocycles. The average Bonchev–Trinajstić information content (AvgIpc) is 3.15. The third-order valence-corrected chi connectivity index (χ3v) is 6.45. The molecule has 2 N–H and O–H groups in total. The third-order valence-electron chi connectivity index (χ3n) is 5.56. The molecule has 1 aromatic heterocycles. The molecule has 1 aromatic carbocycles. The molecule has 2 bridgehead atoms. The van der Waals surface area contributed by atoms with Gasteiger partial charge in [0.2, 0.25) is 0 Å². The van der Waals surface area contributed by atoms with Crippen LogP contribution in [-0.4, -0.2) is 11.5 Å². The molecule has 1 aliphatic heterocycles. The van der Waals surface area contributed by atoms with E-state index in [2.05, 4.69) is 40.5 Å². The molecular weight excluding hydrogens is 278 g/mol. The van der Waals surface area contributed by atoms with Gasteiger partial charge in [0.1, 0.15) is 11.5 Å². The minimum absolute atomic E-state index is 0.0277. The molecule has 4 aliphatic rings. The Morgan fingerprint density at radius 2 is 2.05 bits per heavy atom. The van der Waals surface area contributed by atoms with Crippen LogP contribution in [0.25, 0.3) is 10.1 Å². The van der Waals surface area contributed by atoms with E-state index in [9.17, 15) is 0 Å². The predicted molar refractivity (Wildman–Crippen MR) is 87.4 cm³/mol. The Morgan fingerprint density at radius 3 is 2.86 bits per heavy atom. The van der Waals surface area contributed by atoms with Crippen molar-refractivity contribution in [3.63, 3.8) is 0 Å². The van der Waals surface area contributed by atoms with Gasteiger partial charge in [-0.05, 0) is 79.0 Å². The van der Waals surface area contributed by atoms with E-state index in [0.717, 1.165) is 11.8 Å². The van der Waals surface area contributed by atoms with Crippen molar-refractivity contribution < 1.29 is 0 Å². The van der Waals surface area contributed by atoms with Gasteiger partial charge in [0.25, 0.3) is 0 Å². The number of rotatable bonds is 1. The topological polar surface area (TPSA) is 36.4 Å². The van der Waals surface area contributed by atoms with Gasteiger partial charge in [-0.2, -0.15) is 0 Å². The molecule has 21 heavy (non-hydrogen) atoms. The molecule has 108 valence electrons. The highest BCUT2D eigenvalue weighted by molar-refractivity contribution is 7.17. The first-order valence-corrected chi connectivity index (χ1v) is 8.81. The van der Waals surface area contributed by atoms with Crippen molar-refractivity contribution in [1.29, 1.82) is 0 Å². The molecule has 2 aromatic rings. The molecule has 4 heteroatoms. The van der Waals surface area contributed by atoms with Crippen LogP contribution in [0, 0.1) is 11.8 Å². The Kier molecular flexibility index (Phi) is 2.50.